The standard InChI is InChI=1S/C27H35N5OS/c1-8-32-24(20-11-15-22(16-12-20)27(5,6)7)30-31-25(32)34-18-23(33)29-28-17-19-9-13-21(14-10-19)26(2,3)4/h9-17H,8,18H2,1-7H3,(H,29,33)/b28-17+. The SMILES string of the molecule is CCn1c(SCC(=O)N/N=C/c2ccc(C(C)(C)C)cc2)nnc1-c1ccc(C(C)(C)C)cc1. The van der Waals surface area contributed by atoms with Crippen LogP contribution in [0.3, 0.4) is 0 Å². The molecule has 1 amide bonds. The van der Waals surface area contributed by atoms with Gasteiger partial charge < -0.3 is 4.57 Å². The van der Waals surface area contributed by atoms with Crippen LogP contribution in [0.25, 0.3) is 11.4 Å². The minimum atomic E-state index is -0.186. The van der Waals surface area contributed by atoms with Crippen molar-refractivity contribution in [2.45, 2.75) is 71.0 Å². The fraction of sp³-hybridized carbons (Fsp3) is 0.407. The number of hydrogen-bond donors (Lipinski definition) is 1. The van der Waals surface area contributed by atoms with E-state index >= 15 is 0 Å². The van der Waals surface area contributed by atoms with E-state index in [1.807, 2.05) is 16.7 Å². The van der Waals surface area contributed by atoms with Gasteiger partial charge in [-0.3, -0.25) is 4.79 Å². The van der Waals surface area contributed by atoms with Gasteiger partial charge in [0.15, 0.2) is 11.0 Å². The zero-order valence-electron chi connectivity index (χ0n) is 21.2. The lowest BCUT2D eigenvalue weighted by Crippen LogP contribution is -2.20. The number of aromatic nitrogens is 3. The fourth-order valence-electron chi connectivity index (χ4n) is 3.42. The lowest BCUT2D eigenvalue weighted by Gasteiger charge is -2.19. The van der Waals surface area contributed by atoms with Gasteiger partial charge in [-0.15, -0.1) is 10.2 Å². The van der Waals surface area contributed by atoms with Crippen LogP contribution in [0.1, 0.15) is 65.2 Å². The molecule has 0 fully saturated rings. The van der Waals surface area contributed by atoms with Crippen molar-refractivity contribution in [1.82, 2.24) is 20.2 Å². The molecule has 34 heavy (non-hydrogen) atoms. The number of amides is 1. The Kier molecular flexibility index (Phi) is 7.97. The Hall–Kier alpha value is -2.93. The minimum Gasteiger partial charge on any atom is -0.302 e. The Balaban J connectivity index is 1.58. The maximum absolute atomic E-state index is 12.3. The van der Waals surface area contributed by atoms with Crippen LogP contribution in [0.5, 0.6) is 0 Å². The number of carbonyl (C=O) groups excluding carboxylic acids is 1. The molecule has 180 valence electrons. The first-order chi connectivity index (χ1) is 16.0. The Morgan fingerprint density at radius 1 is 0.941 bits per heavy atom. The van der Waals surface area contributed by atoms with Gasteiger partial charge in [-0.1, -0.05) is 102 Å². The summed E-state index contributed by atoms with van der Waals surface area (Å²) in [4.78, 5) is 12.3. The maximum Gasteiger partial charge on any atom is 0.250 e. The molecule has 0 unspecified atom stereocenters. The Morgan fingerprint density at radius 2 is 1.50 bits per heavy atom. The average molecular weight is 478 g/mol. The molecule has 0 spiro atoms. The number of nitrogens with one attached hydrogen (secondary N) is 1. The minimum absolute atomic E-state index is 0.101. The second-order valence-corrected chi connectivity index (χ2v) is 11.3. The van der Waals surface area contributed by atoms with Crippen molar-refractivity contribution < 1.29 is 4.79 Å². The number of nitrogens with zero attached hydrogens (tertiary/aromatic N) is 4. The van der Waals surface area contributed by atoms with Crippen molar-refractivity contribution in [3.8, 4) is 11.4 Å². The molecule has 0 aliphatic carbocycles. The average Bonchev–Trinajstić information content (AvgIpc) is 3.20. The molecule has 1 N–H and O–H groups in total. The largest absolute Gasteiger partial charge is 0.302 e. The van der Waals surface area contributed by atoms with E-state index in [1.54, 1.807) is 6.21 Å². The van der Waals surface area contributed by atoms with E-state index in [-0.39, 0.29) is 22.5 Å². The molecule has 0 aliphatic heterocycles. The summed E-state index contributed by atoms with van der Waals surface area (Å²) in [6, 6.07) is 16.6. The van der Waals surface area contributed by atoms with E-state index in [9.17, 15) is 4.79 Å². The van der Waals surface area contributed by atoms with Gasteiger partial charge in [0, 0.05) is 12.1 Å². The molecule has 3 aromatic rings. The molecule has 0 saturated carbocycles. The molecule has 0 aliphatic rings. The summed E-state index contributed by atoms with van der Waals surface area (Å²) >= 11 is 1.36. The molecule has 2 aromatic carbocycles. The number of carbonyl (C=O) groups is 1. The zero-order chi connectivity index (χ0) is 24.9. The molecular formula is C27H35N5OS. The Labute approximate surface area is 207 Å². The number of benzene rings is 2. The summed E-state index contributed by atoms with van der Waals surface area (Å²) in [5.41, 5.74) is 7.29. The first kappa shape index (κ1) is 25.7. The number of hydrogen-bond acceptors (Lipinski definition) is 5. The molecular weight excluding hydrogens is 442 g/mol. The number of rotatable bonds is 7. The normalized spacial score (nSPS) is 12.3. The lowest BCUT2D eigenvalue weighted by molar-refractivity contribution is -0.118. The molecule has 0 saturated heterocycles. The van der Waals surface area contributed by atoms with Crippen molar-refractivity contribution in [2.24, 2.45) is 5.10 Å². The van der Waals surface area contributed by atoms with Crippen LogP contribution >= 0.6 is 11.8 Å². The van der Waals surface area contributed by atoms with Gasteiger partial charge in [-0.25, -0.2) is 5.43 Å². The predicted octanol–water partition coefficient (Wildman–Crippen LogP) is 5.80. The predicted molar refractivity (Wildman–Crippen MR) is 141 cm³/mol. The summed E-state index contributed by atoms with van der Waals surface area (Å²) in [5.74, 6) is 0.832. The van der Waals surface area contributed by atoms with E-state index in [4.69, 9.17) is 0 Å². The zero-order valence-corrected chi connectivity index (χ0v) is 22.0. The van der Waals surface area contributed by atoms with Gasteiger partial charge in [0.1, 0.15) is 0 Å². The highest BCUT2D eigenvalue weighted by atomic mass is 32.2. The third-order valence-electron chi connectivity index (χ3n) is 5.55. The van der Waals surface area contributed by atoms with Crippen molar-refractivity contribution in [3.05, 3.63) is 65.2 Å². The van der Waals surface area contributed by atoms with E-state index < -0.39 is 0 Å². The highest BCUT2D eigenvalue weighted by Crippen LogP contribution is 2.27. The summed E-state index contributed by atoms with van der Waals surface area (Å²) in [5, 5.41) is 13.5. The van der Waals surface area contributed by atoms with Crippen LogP contribution in [-0.2, 0) is 22.2 Å². The van der Waals surface area contributed by atoms with Crippen LogP contribution in [-0.4, -0.2) is 32.6 Å². The summed E-state index contributed by atoms with van der Waals surface area (Å²) in [6.07, 6.45) is 1.66. The van der Waals surface area contributed by atoms with Crippen LogP contribution in [0.4, 0.5) is 0 Å². The van der Waals surface area contributed by atoms with Crippen molar-refractivity contribution in [2.75, 3.05) is 5.75 Å². The topological polar surface area (TPSA) is 72.2 Å². The first-order valence-electron chi connectivity index (χ1n) is 11.6. The van der Waals surface area contributed by atoms with Crippen LogP contribution in [0.15, 0.2) is 58.8 Å². The molecule has 0 bridgehead atoms. The van der Waals surface area contributed by atoms with Gasteiger partial charge in [0.25, 0.3) is 5.91 Å². The van der Waals surface area contributed by atoms with E-state index in [1.165, 1.54) is 22.9 Å². The molecule has 1 heterocycles. The Morgan fingerprint density at radius 3 is 2.03 bits per heavy atom. The second kappa shape index (κ2) is 10.6. The lowest BCUT2D eigenvalue weighted by atomic mass is 9.87. The highest BCUT2D eigenvalue weighted by Gasteiger charge is 2.17. The third-order valence-corrected chi connectivity index (χ3v) is 6.52. The van der Waals surface area contributed by atoms with Crippen LogP contribution in [0.2, 0.25) is 0 Å². The van der Waals surface area contributed by atoms with Crippen molar-refractivity contribution in [3.63, 3.8) is 0 Å². The van der Waals surface area contributed by atoms with E-state index in [0.29, 0.717) is 5.16 Å². The molecule has 3 rings (SSSR count). The second-order valence-electron chi connectivity index (χ2n) is 10.3. The summed E-state index contributed by atoms with van der Waals surface area (Å²) in [6.45, 7) is 15.9. The van der Waals surface area contributed by atoms with Gasteiger partial charge in [-0.2, -0.15) is 5.10 Å². The molecule has 6 nitrogen and oxygen atoms in total. The molecule has 1 aromatic heterocycles. The van der Waals surface area contributed by atoms with Gasteiger partial charge in [-0.05, 0) is 34.4 Å². The van der Waals surface area contributed by atoms with Gasteiger partial charge in [0.2, 0.25) is 0 Å². The van der Waals surface area contributed by atoms with Gasteiger partial charge in [0.05, 0.1) is 12.0 Å². The van der Waals surface area contributed by atoms with E-state index in [2.05, 4.69) is 106 Å². The molecule has 0 radical (unpaired) electrons. The summed E-state index contributed by atoms with van der Waals surface area (Å²) < 4.78 is 2.03. The Bertz CT molecular complexity index is 1130. The van der Waals surface area contributed by atoms with Gasteiger partial charge >= 0.3 is 0 Å². The highest BCUT2D eigenvalue weighted by molar-refractivity contribution is 7.99. The fourth-order valence-corrected chi connectivity index (χ4v) is 4.22. The monoisotopic (exact) mass is 477 g/mol. The summed E-state index contributed by atoms with van der Waals surface area (Å²) in [7, 11) is 0. The quantitative estimate of drug-likeness (QED) is 0.265. The smallest absolute Gasteiger partial charge is 0.250 e. The third kappa shape index (κ3) is 6.56. The van der Waals surface area contributed by atoms with Crippen LogP contribution < -0.4 is 5.43 Å². The first-order valence-corrected chi connectivity index (χ1v) is 12.6. The maximum atomic E-state index is 12.3. The van der Waals surface area contributed by atoms with E-state index in [0.717, 1.165) is 23.5 Å². The van der Waals surface area contributed by atoms with Crippen molar-refractivity contribution in [1.29, 1.82) is 0 Å². The van der Waals surface area contributed by atoms with Crippen molar-refractivity contribution >= 4 is 23.9 Å². The number of thioether (sulfide) groups is 1. The van der Waals surface area contributed by atoms with Crippen LogP contribution in [0, 0.1) is 0 Å². The molecule has 0 atom stereocenters. The molecule has 7 heteroatoms. The number of hydrazone groups is 1.